The smallest absolute Gasteiger partial charge is 0.257 e. The van der Waals surface area contributed by atoms with Crippen molar-refractivity contribution in [3.63, 3.8) is 0 Å². The number of thioether (sulfide) groups is 1. The second-order valence-corrected chi connectivity index (χ2v) is 6.79. The Hall–Kier alpha value is -2.54. The third-order valence-corrected chi connectivity index (χ3v) is 5.10. The fourth-order valence-corrected chi connectivity index (χ4v) is 3.67. The molecule has 0 atom stereocenters. The topological polar surface area (TPSA) is 63.7 Å². The minimum absolute atomic E-state index is 0.133. The molecule has 3 aromatic rings. The summed E-state index contributed by atoms with van der Waals surface area (Å²) in [6.45, 7) is 3.18. The van der Waals surface area contributed by atoms with Crippen molar-refractivity contribution in [2.75, 3.05) is 36.8 Å². The molecule has 1 saturated heterocycles. The van der Waals surface area contributed by atoms with Crippen LogP contribution in [-0.2, 0) is 4.79 Å². The number of H-pyrrole nitrogens is 1. The Morgan fingerprint density at radius 2 is 1.88 bits per heavy atom. The lowest BCUT2D eigenvalue weighted by molar-refractivity contribution is -0.377. The van der Waals surface area contributed by atoms with Crippen LogP contribution in [0, 0.1) is 0 Å². The van der Waals surface area contributed by atoms with Crippen molar-refractivity contribution in [2.45, 2.75) is 5.22 Å². The molecule has 6 nitrogen and oxygen atoms in total. The summed E-state index contributed by atoms with van der Waals surface area (Å²) in [5.74, 6) is 0.487. The maximum Gasteiger partial charge on any atom is 0.257 e. The first-order valence-electron chi connectivity index (χ1n) is 8.27. The van der Waals surface area contributed by atoms with Crippen molar-refractivity contribution in [3.8, 4) is 0 Å². The number of pyridine rings is 1. The molecule has 0 saturated carbocycles. The van der Waals surface area contributed by atoms with Crippen LogP contribution in [0.4, 0.5) is 5.69 Å². The lowest BCUT2D eigenvalue weighted by atomic mass is 10.2. The number of carbonyl (C=O) groups is 1. The number of piperazine rings is 1. The van der Waals surface area contributed by atoms with Gasteiger partial charge in [0.2, 0.25) is 5.91 Å². The molecule has 0 unspecified atom stereocenters. The first-order valence-corrected chi connectivity index (χ1v) is 9.25. The van der Waals surface area contributed by atoms with Gasteiger partial charge in [0.05, 0.1) is 5.75 Å². The average Bonchev–Trinajstić information content (AvgIpc) is 3.10. The molecule has 0 bridgehead atoms. The second-order valence-electron chi connectivity index (χ2n) is 5.86. The lowest BCUT2D eigenvalue weighted by Gasteiger charge is -2.35. The van der Waals surface area contributed by atoms with Gasteiger partial charge in [0.1, 0.15) is 5.52 Å². The van der Waals surface area contributed by atoms with E-state index in [4.69, 9.17) is 4.42 Å². The molecule has 2 aromatic heterocycles. The molecule has 1 amide bonds. The van der Waals surface area contributed by atoms with Gasteiger partial charge in [0, 0.05) is 44.0 Å². The molecule has 0 aliphatic carbocycles. The van der Waals surface area contributed by atoms with Crippen LogP contribution >= 0.6 is 11.8 Å². The van der Waals surface area contributed by atoms with Crippen molar-refractivity contribution in [3.05, 3.63) is 48.8 Å². The van der Waals surface area contributed by atoms with E-state index in [0.717, 1.165) is 37.3 Å². The van der Waals surface area contributed by atoms with Crippen LogP contribution in [0.2, 0.25) is 0 Å². The largest absolute Gasteiger partial charge is 0.431 e. The van der Waals surface area contributed by atoms with Gasteiger partial charge in [-0.15, -0.1) is 0 Å². The Morgan fingerprint density at radius 1 is 1.12 bits per heavy atom. The number of rotatable bonds is 4. The van der Waals surface area contributed by atoms with E-state index in [1.807, 2.05) is 41.6 Å². The summed E-state index contributed by atoms with van der Waals surface area (Å²) in [6.07, 6.45) is 3.84. The quantitative estimate of drug-likeness (QED) is 0.671. The summed E-state index contributed by atoms with van der Waals surface area (Å²) >= 11 is 1.36. The first kappa shape index (κ1) is 16.0. The number of nitrogens with zero attached hydrogens (tertiary/aromatic N) is 3. The summed E-state index contributed by atoms with van der Waals surface area (Å²) in [5.41, 5.74) is 2.77. The molecule has 0 spiro atoms. The molecule has 1 N–H and O–H groups in total. The Bertz CT molecular complexity index is 827. The molecule has 128 valence electrons. The van der Waals surface area contributed by atoms with E-state index in [1.165, 1.54) is 17.4 Å². The van der Waals surface area contributed by atoms with Crippen LogP contribution in [0.5, 0.6) is 0 Å². The molecular weight excluding hydrogens is 336 g/mol. The average molecular weight is 355 g/mol. The van der Waals surface area contributed by atoms with E-state index in [1.54, 1.807) is 0 Å². The molecule has 3 heterocycles. The lowest BCUT2D eigenvalue weighted by Crippen LogP contribution is -2.49. The van der Waals surface area contributed by atoms with E-state index in [0.29, 0.717) is 11.0 Å². The SMILES string of the molecule is O=C(CSc1nc2ccccc2o1)N1CCN(c2cc[nH+]cc2)CC1. The van der Waals surface area contributed by atoms with Gasteiger partial charge in [-0.3, -0.25) is 4.79 Å². The highest BCUT2D eigenvalue weighted by Gasteiger charge is 2.22. The van der Waals surface area contributed by atoms with Crippen LogP contribution in [0.3, 0.4) is 0 Å². The molecule has 0 radical (unpaired) electrons. The summed E-state index contributed by atoms with van der Waals surface area (Å²) in [5, 5.41) is 0.550. The molecule has 25 heavy (non-hydrogen) atoms. The van der Waals surface area contributed by atoms with E-state index in [2.05, 4.69) is 27.0 Å². The van der Waals surface area contributed by atoms with E-state index >= 15 is 0 Å². The van der Waals surface area contributed by atoms with E-state index in [-0.39, 0.29) is 5.91 Å². The number of hydrogen-bond acceptors (Lipinski definition) is 5. The number of aromatic amines is 1. The number of oxazole rings is 1. The number of para-hydroxylation sites is 2. The molecule has 1 aliphatic rings. The molecule has 1 aromatic carbocycles. The van der Waals surface area contributed by atoms with E-state index < -0.39 is 0 Å². The maximum atomic E-state index is 12.4. The Labute approximate surface area is 149 Å². The van der Waals surface area contributed by atoms with E-state index in [9.17, 15) is 4.79 Å². The van der Waals surface area contributed by atoms with Crippen molar-refractivity contribution in [1.29, 1.82) is 0 Å². The summed E-state index contributed by atoms with van der Waals surface area (Å²) in [4.78, 5) is 24.1. The molecule has 4 rings (SSSR count). The highest BCUT2D eigenvalue weighted by molar-refractivity contribution is 7.99. The van der Waals surface area contributed by atoms with Crippen molar-refractivity contribution in [1.82, 2.24) is 9.88 Å². The predicted molar refractivity (Wildman–Crippen MR) is 96.5 cm³/mol. The highest BCUT2D eigenvalue weighted by Crippen LogP contribution is 2.23. The third-order valence-electron chi connectivity index (χ3n) is 4.29. The second kappa shape index (κ2) is 7.14. The summed E-state index contributed by atoms with van der Waals surface area (Å²) < 4.78 is 5.65. The normalized spacial score (nSPS) is 14.9. The molecule has 7 heteroatoms. The highest BCUT2D eigenvalue weighted by atomic mass is 32.2. The van der Waals surface area contributed by atoms with Gasteiger partial charge in [0.25, 0.3) is 5.22 Å². The van der Waals surface area contributed by atoms with Crippen molar-refractivity contribution in [2.24, 2.45) is 0 Å². The number of hydrogen-bond donors (Lipinski definition) is 0. The van der Waals surface area contributed by atoms with Crippen molar-refractivity contribution >= 4 is 34.5 Å². The zero-order valence-electron chi connectivity index (χ0n) is 13.7. The Kier molecular flexibility index (Phi) is 4.56. The van der Waals surface area contributed by atoms with Gasteiger partial charge >= 0.3 is 0 Å². The van der Waals surface area contributed by atoms with Crippen LogP contribution in [0.25, 0.3) is 11.1 Å². The first-order chi connectivity index (χ1) is 12.3. The van der Waals surface area contributed by atoms with Gasteiger partial charge in [0.15, 0.2) is 18.0 Å². The number of benzene rings is 1. The number of carbonyl (C=O) groups excluding carboxylic acids is 1. The minimum atomic E-state index is 0.133. The zero-order chi connectivity index (χ0) is 17.1. The predicted octanol–water partition coefficient (Wildman–Crippen LogP) is 2.08. The summed E-state index contributed by atoms with van der Waals surface area (Å²) in [7, 11) is 0. The zero-order valence-corrected chi connectivity index (χ0v) is 14.5. The van der Waals surface area contributed by atoms with Gasteiger partial charge < -0.3 is 14.2 Å². The number of aromatic nitrogens is 2. The van der Waals surface area contributed by atoms with Crippen LogP contribution in [0.1, 0.15) is 0 Å². The third kappa shape index (κ3) is 3.61. The van der Waals surface area contributed by atoms with Crippen LogP contribution in [0.15, 0.2) is 58.4 Å². The van der Waals surface area contributed by atoms with Gasteiger partial charge in [-0.2, -0.15) is 0 Å². The standard InChI is InChI=1S/C18H18N4O2S/c23-17(13-25-18-20-15-3-1-2-4-16(15)24-18)22-11-9-21(10-12-22)14-5-7-19-8-6-14/h1-8H,9-13H2/p+1. The van der Waals surface area contributed by atoms with Gasteiger partial charge in [-0.05, 0) is 12.1 Å². The number of nitrogens with one attached hydrogen (secondary N) is 1. The van der Waals surface area contributed by atoms with Crippen LogP contribution < -0.4 is 9.88 Å². The number of fused-ring (bicyclic) bond motifs is 1. The maximum absolute atomic E-state index is 12.4. The number of anilines is 1. The molecule has 1 aliphatic heterocycles. The summed E-state index contributed by atoms with van der Waals surface area (Å²) in [6, 6.07) is 11.7. The monoisotopic (exact) mass is 355 g/mol. The minimum Gasteiger partial charge on any atom is -0.431 e. The fourth-order valence-electron chi connectivity index (χ4n) is 2.93. The van der Waals surface area contributed by atoms with Crippen molar-refractivity contribution < 1.29 is 14.2 Å². The molecular formula is C18H19N4O2S+. The number of amides is 1. The Morgan fingerprint density at radius 3 is 2.64 bits per heavy atom. The van der Waals surface area contributed by atoms with Gasteiger partial charge in [-0.25, -0.2) is 9.97 Å². The van der Waals surface area contributed by atoms with Crippen LogP contribution in [-0.4, -0.2) is 47.7 Å². The van der Waals surface area contributed by atoms with Gasteiger partial charge in [-0.1, -0.05) is 23.9 Å². The Balaban J connectivity index is 1.30. The molecule has 1 fully saturated rings. The fraction of sp³-hybridized carbons (Fsp3) is 0.278.